The highest BCUT2D eigenvalue weighted by atomic mass is 35.5. The number of nitrogens with zero attached hydrogens (tertiary/aromatic N) is 1. The van der Waals surface area contributed by atoms with E-state index in [1.54, 1.807) is 12.1 Å². The number of halogens is 1. The Balaban J connectivity index is 2.04. The van der Waals surface area contributed by atoms with Gasteiger partial charge in [-0.1, -0.05) is 17.7 Å². The van der Waals surface area contributed by atoms with E-state index in [-0.39, 0.29) is 11.7 Å². The molecule has 104 valence electrons. The lowest BCUT2D eigenvalue weighted by molar-refractivity contribution is -0.385. The second-order valence-electron chi connectivity index (χ2n) is 4.79. The standard InChI is InChI=1S/C13H17ClN2O3/c1-9(10-5-6-19-8-10)15-7-11-12(14)3-2-4-13(11)16(17)18/h2-4,9-10,15H,5-8H2,1H3. The van der Waals surface area contributed by atoms with Crippen molar-refractivity contribution in [2.75, 3.05) is 13.2 Å². The van der Waals surface area contributed by atoms with Crippen LogP contribution in [0.5, 0.6) is 0 Å². The predicted octanol–water partition coefficient (Wildman–Crippen LogP) is 2.76. The summed E-state index contributed by atoms with van der Waals surface area (Å²) in [7, 11) is 0. The van der Waals surface area contributed by atoms with Gasteiger partial charge in [0.25, 0.3) is 5.69 Å². The molecule has 0 saturated carbocycles. The fourth-order valence-corrected chi connectivity index (χ4v) is 2.51. The summed E-state index contributed by atoms with van der Waals surface area (Å²) in [6, 6.07) is 5.00. The van der Waals surface area contributed by atoms with Crippen molar-refractivity contribution in [1.82, 2.24) is 5.32 Å². The zero-order chi connectivity index (χ0) is 13.8. The van der Waals surface area contributed by atoms with Gasteiger partial charge >= 0.3 is 0 Å². The lowest BCUT2D eigenvalue weighted by Gasteiger charge is -2.19. The van der Waals surface area contributed by atoms with Crippen LogP contribution in [-0.4, -0.2) is 24.2 Å². The van der Waals surface area contributed by atoms with Gasteiger partial charge in [0.1, 0.15) is 0 Å². The minimum atomic E-state index is -0.397. The first-order valence-electron chi connectivity index (χ1n) is 6.32. The van der Waals surface area contributed by atoms with Gasteiger partial charge in [-0.05, 0) is 25.3 Å². The third-order valence-electron chi connectivity index (χ3n) is 3.56. The molecule has 2 unspecified atom stereocenters. The molecule has 5 nitrogen and oxygen atoms in total. The van der Waals surface area contributed by atoms with Crippen LogP contribution < -0.4 is 5.32 Å². The number of benzene rings is 1. The summed E-state index contributed by atoms with van der Waals surface area (Å²) in [5.74, 6) is 0.460. The molecule has 0 radical (unpaired) electrons. The Bertz CT molecular complexity index is 461. The Kier molecular flexibility index (Phi) is 4.74. The van der Waals surface area contributed by atoms with Crippen molar-refractivity contribution in [3.63, 3.8) is 0 Å². The molecule has 6 heteroatoms. The summed E-state index contributed by atoms with van der Waals surface area (Å²) >= 11 is 6.05. The van der Waals surface area contributed by atoms with E-state index >= 15 is 0 Å². The summed E-state index contributed by atoms with van der Waals surface area (Å²) in [6.07, 6.45) is 1.03. The number of nitro groups is 1. The van der Waals surface area contributed by atoms with Gasteiger partial charge in [0.15, 0.2) is 0 Å². The van der Waals surface area contributed by atoms with Crippen molar-refractivity contribution in [2.45, 2.75) is 25.9 Å². The highest BCUT2D eigenvalue weighted by molar-refractivity contribution is 6.31. The van der Waals surface area contributed by atoms with Crippen molar-refractivity contribution >= 4 is 17.3 Å². The maximum Gasteiger partial charge on any atom is 0.275 e. The third kappa shape index (κ3) is 3.43. The molecular weight excluding hydrogens is 268 g/mol. The first kappa shape index (κ1) is 14.2. The topological polar surface area (TPSA) is 64.4 Å². The molecule has 1 fully saturated rings. The monoisotopic (exact) mass is 284 g/mol. The van der Waals surface area contributed by atoms with E-state index in [4.69, 9.17) is 16.3 Å². The maximum absolute atomic E-state index is 11.0. The number of ether oxygens (including phenoxy) is 1. The lowest BCUT2D eigenvalue weighted by atomic mass is 10.0. The highest BCUT2D eigenvalue weighted by Crippen LogP contribution is 2.26. The highest BCUT2D eigenvalue weighted by Gasteiger charge is 2.23. The lowest BCUT2D eigenvalue weighted by Crippen LogP contribution is -2.33. The Labute approximate surface area is 117 Å². The number of hydrogen-bond acceptors (Lipinski definition) is 4. The van der Waals surface area contributed by atoms with E-state index in [9.17, 15) is 10.1 Å². The second kappa shape index (κ2) is 6.32. The molecule has 0 bridgehead atoms. The molecule has 1 heterocycles. The van der Waals surface area contributed by atoms with E-state index < -0.39 is 4.92 Å². The van der Waals surface area contributed by atoms with E-state index in [0.29, 0.717) is 23.0 Å². The average Bonchev–Trinajstić information content (AvgIpc) is 2.90. The van der Waals surface area contributed by atoms with Crippen LogP contribution >= 0.6 is 11.6 Å². The zero-order valence-electron chi connectivity index (χ0n) is 10.8. The molecule has 1 aromatic carbocycles. The van der Waals surface area contributed by atoms with Crippen molar-refractivity contribution in [3.05, 3.63) is 38.9 Å². The first-order valence-corrected chi connectivity index (χ1v) is 6.70. The minimum absolute atomic E-state index is 0.0647. The fraction of sp³-hybridized carbons (Fsp3) is 0.538. The fourth-order valence-electron chi connectivity index (χ4n) is 2.27. The smallest absolute Gasteiger partial charge is 0.275 e. The van der Waals surface area contributed by atoms with Crippen LogP contribution in [0.1, 0.15) is 18.9 Å². The third-order valence-corrected chi connectivity index (χ3v) is 3.92. The molecule has 0 spiro atoms. The molecule has 1 aliphatic heterocycles. The Morgan fingerprint density at radius 3 is 3.05 bits per heavy atom. The Morgan fingerprint density at radius 2 is 2.42 bits per heavy atom. The van der Waals surface area contributed by atoms with Crippen LogP contribution in [0.2, 0.25) is 5.02 Å². The largest absolute Gasteiger partial charge is 0.381 e. The van der Waals surface area contributed by atoms with Crippen molar-refractivity contribution in [1.29, 1.82) is 0 Å². The van der Waals surface area contributed by atoms with Gasteiger partial charge in [0, 0.05) is 25.3 Å². The molecule has 2 rings (SSSR count). The van der Waals surface area contributed by atoms with Gasteiger partial charge < -0.3 is 10.1 Å². The SMILES string of the molecule is CC(NCc1c(Cl)cccc1[N+](=O)[O-])C1CCOC1. The number of nitro benzene ring substituents is 1. The van der Waals surface area contributed by atoms with Gasteiger partial charge in [-0.3, -0.25) is 10.1 Å². The van der Waals surface area contributed by atoms with Crippen LogP contribution in [0, 0.1) is 16.0 Å². The van der Waals surface area contributed by atoms with E-state index in [1.165, 1.54) is 6.07 Å². The number of rotatable bonds is 5. The minimum Gasteiger partial charge on any atom is -0.381 e. The molecule has 0 aromatic heterocycles. The first-order chi connectivity index (χ1) is 9.09. The van der Waals surface area contributed by atoms with Crippen LogP contribution in [0.25, 0.3) is 0 Å². The molecule has 1 aromatic rings. The van der Waals surface area contributed by atoms with E-state index in [1.807, 2.05) is 0 Å². The summed E-state index contributed by atoms with van der Waals surface area (Å²) in [6.45, 7) is 4.01. The van der Waals surface area contributed by atoms with E-state index in [2.05, 4.69) is 12.2 Å². The van der Waals surface area contributed by atoms with Gasteiger partial charge in [0.05, 0.1) is 22.1 Å². The summed E-state index contributed by atoms with van der Waals surface area (Å²) in [4.78, 5) is 10.6. The summed E-state index contributed by atoms with van der Waals surface area (Å²) < 4.78 is 5.34. The average molecular weight is 285 g/mol. The molecule has 2 atom stereocenters. The molecule has 1 N–H and O–H groups in total. The Morgan fingerprint density at radius 1 is 1.63 bits per heavy atom. The van der Waals surface area contributed by atoms with Gasteiger partial charge in [-0.2, -0.15) is 0 Å². The number of nitrogens with one attached hydrogen (secondary N) is 1. The quantitative estimate of drug-likeness (QED) is 0.667. The molecule has 0 aliphatic carbocycles. The molecule has 0 amide bonds. The van der Waals surface area contributed by atoms with E-state index in [0.717, 1.165) is 19.6 Å². The van der Waals surface area contributed by atoms with Gasteiger partial charge in [-0.15, -0.1) is 0 Å². The second-order valence-corrected chi connectivity index (χ2v) is 5.20. The van der Waals surface area contributed by atoms with Crippen LogP contribution in [0.4, 0.5) is 5.69 Å². The maximum atomic E-state index is 11.0. The van der Waals surface area contributed by atoms with Crippen LogP contribution in [0.3, 0.4) is 0 Å². The predicted molar refractivity (Wildman–Crippen MR) is 73.3 cm³/mol. The van der Waals surface area contributed by atoms with Gasteiger partial charge in [-0.25, -0.2) is 0 Å². The van der Waals surface area contributed by atoms with Crippen LogP contribution in [-0.2, 0) is 11.3 Å². The molecule has 19 heavy (non-hydrogen) atoms. The molecule has 1 aliphatic rings. The normalized spacial score (nSPS) is 20.4. The summed E-state index contributed by atoms with van der Waals surface area (Å²) in [5.41, 5.74) is 0.606. The van der Waals surface area contributed by atoms with Crippen molar-refractivity contribution < 1.29 is 9.66 Å². The van der Waals surface area contributed by atoms with Crippen molar-refractivity contribution in [2.24, 2.45) is 5.92 Å². The van der Waals surface area contributed by atoms with Gasteiger partial charge in [0.2, 0.25) is 0 Å². The number of hydrogen-bond donors (Lipinski definition) is 1. The molecule has 1 saturated heterocycles. The molecular formula is C13H17ClN2O3. The van der Waals surface area contributed by atoms with Crippen molar-refractivity contribution in [3.8, 4) is 0 Å². The zero-order valence-corrected chi connectivity index (χ0v) is 11.5. The Hall–Kier alpha value is -1.17. The summed E-state index contributed by atoms with van der Waals surface area (Å²) in [5, 5.41) is 14.7. The van der Waals surface area contributed by atoms with Crippen LogP contribution in [0.15, 0.2) is 18.2 Å².